The third kappa shape index (κ3) is 13.0. The summed E-state index contributed by atoms with van der Waals surface area (Å²) < 4.78 is 62.9. The molecular weight excluding hydrogens is 1070 g/mol. The second-order valence-electron chi connectivity index (χ2n) is 18.4. The number of benzene rings is 4. The molecule has 1 aromatic heterocycles. The highest BCUT2D eigenvalue weighted by molar-refractivity contribution is 5.89. The lowest BCUT2D eigenvalue weighted by Gasteiger charge is -2.45. The molecule has 4 heterocycles. The summed E-state index contributed by atoms with van der Waals surface area (Å²) in [7, 11) is 2.65. The van der Waals surface area contributed by atoms with Gasteiger partial charge in [-0.25, -0.2) is 14.0 Å². The molecule has 0 radical (unpaired) electrons. The van der Waals surface area contributed by atoms with Gasteiger partial charge in [-0.1, -0.05) is 12.1 Å². The molecule has 27 nitrogen and oxygen atoms in total. The molecule has 0 aliphatic carbocycles. The zero-order valence-corrected chi connectivity index (χ0v) is 42.1. The average molecular weight is 1130 g/mol. The van der Waals surface area contributed by atoms with E-state index in [-0.39, 0.29) is 51.0 Å². The highest BCUT2D eigenvalue weighted by Gasteiger charge is 2.53. The van der Waals surface area contributed by atoms with Crippen LogP contribution >= 0.6 is 0 Å². The van der Waals surface area contributed by atoms with Crippen molar-refractivity contribution in [2.75, 3.05) is 34.0 Å². The van der Waals surface area contributed by atoms with Crippen molar-refractivity contribution >= 4 is 35.1 Å². The van der Waals surface area contributed by atoms with E-state index in [9.17, 15) is 81.1 Å². The Morgan fingerprint density at radius 2 is 1.04 bits per heavy atom. The number of carbonyl (C=O) groups excluding carboxylic acids is 2. The van der Waals surface area contributed by atoms with Crippen LogP contribution in [0.15, 0.2) is 89.4 Å². The summed E-state index contributed by atoms with van der Waals surface area (Å²) in [4.78, 5) is 25.9. The van der Waals surface area contributed by atoms with Crippen LogP contribution in [0.1, 0.15) is 11.1 Å². The molecular formula is C53H57O27+. The minimum Gasteiger partial charge on any atom is -0.507 e. The van der Waals surface area contributed by atoms with Gasteiger partial charge in [0.1, 0.15) is 97.2 Å². The quantitative estimate of drug-likeness (QED) is 0.0230. The van der Waals surface area contributed by atoms with Gasteiger partial charge in [0.05, 0.1) is 32.5 Å². The molecule has 80 heavy (non-hydrogen) atoms. The SMILES string of the molecule is COc1cc(/C=C/C(=O)OCC2OC(OC3C(Oc4cc5c(OC6OC(CO)C(O)C(O)C6O)cc(O)cc5[o+]c4-c4ccc(O)c(O)c4)OC(COC(=O)/C=C/c4ccc(O)c(OC)c4)C(O)C3O)C(O)C(O)C2O)ccc1O. The lowest BCUT2D eigenvalue weighted by atomic mass is 9.97. The molecule has 14 N–H and O–H groups in total. The maximum absolute atomic E-state index is 13.1. The smallest absolute Gasteiger partial charge is 0.402 e. The Balaban J connectivity index is 1.13. The monoisotopic (exact) mass is 1130 g/mol. The van der Waals surface area contributed by atoms with E-state index in [1.165, 1.54) is 74.9 Å². The van der Waals surface area contributed by atoms with Gasteiger partial charge in [0.25, 0.3) is 0 Å². The van der Waals surface area contributed by atoms with E-state index in [0.717, 1.165) is 36.4 Å². The Hall–Kier alpha value is -7.61. The van der Waals surface area contributed by atoms with Crippen molar-refractivity contribution in [2.45, 2.75) is 92.1 Å². The zero-order valence-electron chi connectivity index (χ0n) is 42.1. The fourth-order valence-corrected chi connectivity index (χ4v) is 8.59. The number of carbonyl (C=O) groups is 2. The molecule has 3 aliphatic rings. The summed E-state index contributed by atoms with van der Waals surface area (Å²) in [6.45, 7) is -2.40. The number of hydrogen-bond donors (Lipinski definition) is 14. The number of phenolic OH excluding ortho intramolecular Hbond substituents is 5. The molecule has 3 fully saturated rings. The molecule has 0 saturated carbocycles. The molecule has 27 heteroatoms. The van der Waals surface area contributed by atoms with Crippen molar-refractivity contribution in [2.24, 2.45) is 0 Å². The molecule has 3 saturated heterocycles. The molecule has 8 rings (SSSR count). The highest BCUT2D eigenvalue weighted by atomic mass is 16.8. The number of hydrogen-bond acceptors (Lipinski definition) is 26. The van der Waals surface area contributed by atoms with Gasteiger partial charge in [-0.3, -0.25) is 0 Å². The van der Waals surface area contributed by atoms with Crippen molar-refractivity contribution in [1.29, 1.82) is 0 Å². The van der Waals surface area contributed by atoms with Crippen LogP contribution < -0.4 is 18.9 Å². The fraction of sp³-hybridized carbons (Fsp3) is 0.377. The minimum absolute atomic E-state index is 0.0486. The van der Waals surface area contributed by atoms with Crippen molar-refractivity contribution in [3.8, 4) is 63.1 Å². The number of aliphatic hydroxyl groups is 9. The first kappa shape index (κ1) is 58.5. The van der Waals surface area contributed by atoms with Gasteiger partial charge in [-0.05, 0) is 59.7 Å². The van der Waals surface area contributed by atoms with Crippen LogP contribution in [0.5, 0.6) is 51.7 Å². The largest absolute Gasteiger partial charge is 0.507 e. The van der Waals surface area contributed by atoms with E-state index < -0.39 is 147 Å². The van der Waals surface area contributed by atoms with Crippen molar-refractivity contribution in [3.63, 3.8) is 0 Å². The summed E-state index contributed by atoms with van der Waals surface area (Å²) in [5, 5.41) is 150. The normalized spacial score (nSPS) is 28.9. The predicted molar refractivity (Wildman–Crippen MR) is 268 cm³/mol. The predicted octanol–water partition coefficient (Wildman–Crippen LogP) is -0.364. The number of rotatable bonds is 18. The first-order chi connectivity index (χ1) is 38.2. The number of methoxy groups -OCH3 is 2. The number of esters is 2. The molecule has 4 aromatic carbocycles. The fourth-order valence-electron chi connectivity index (χ4n) is 8.59. The van der Waals surface area contributed by atoms with Crippen molar-refractivity contribution < 1.29 is 133 Å². The van der Waals surface area contributed by atoms with Gasteiger partial charge in [-0.2, -0.15) is 0 Å². The number of phenols is 5. The topological polar surface area (TPSA) is 421 Å². The van der Waals surface area contributed by atoms with E-state index >= 15 is 0 Å². The Morgan fingerprint density at radius 3 is 1.60 bits per heavy atom. The van der Waals surface area contributed by atoms with Gasteiger partial charge in [-0.15, -0.1) is 0 Å². The maximum atomic E-state index is 13.1. The van der Waals surface area contributed by atoms with Crippen LogP contribution in [0.4, 0.5) is 0 Å². The molecule has 5 aromatic rings. The average Bonchev–Trinajstić information content (AvgIpc) is 3.44. The first-order valence-corrected chi connectivity index (χ1v) is 24.3. The standard InChI is InChI=1S/C53H56O27/c1-70-33-13-22(3-8-28(33)57)5-11-39(60)72-20-37-42(63)45(66)48(69)52(78-37)80-50-46(67)43(64)38(21-73-40(61)12-6-23-4-9-29(58)34(14-23)71-2)79-53(50)76-35-18-26-31(74-49(35)24-7-10-27(56)30(59)15-24)16-25(55)17-32(26)75-51-47(68)44(65)41(62)36(19-54)77-51/h3-18,36-38,41-48,50-54,62-69H,19-21H2,1-2H3,(H4-,55,56,57,58,59,60,61)/p+1. The van der Waals surface area contributed by atoms with Crippen LogP contribution in [0.3, 0.4) is 0 Å². The summed E-state index contributed by atoms with van der Waals surface area (Å²) in [6.07, 6.45) is -24.1. The second-order valence-corrected chi connectivity index (χ2v) is 18.4. The summed E-state index contributed by atoms with van der Waals surface area (Å²) in [5.41, 5.74) is 0.553. The number of fused-ring (bicyclic) bond motifs is 1. The molecule has 15 atom stereocenters. The van der Waals surface area contributed by atoms with Crippen LogP contribution in [0, 0.1) is 0 Å². The lowest BCUT2D eigenvalue weighted by Crippen LogP contribution is -2.65. The van der Waals surface area contributed by atoms with Gasteiger partial charge in [0.15, 0.2) is 46.9 Å². The Bertz CT molecular complexity index is 3060. The maximum Gasteiger partial charge on any atom is 0.402 e. The second kappa shape index (κ2) is 25.2. The van der Waals surface area contributed by atoms with Gasteiger partial charge in [0, 0.05) is 30.4 Å². The molecule has 0 bridgehead atoms. The minimum atomic E-state index is -2.17. The lowest BCUT2D eigenvalue weighted by molar-refractivity contribution is -0.358. The zero-order chi connectivity index (χ0) is 57.7. The molecule has 0 amide bonds. The van der Waals surface area contributed by atoms with Gasteiger partial charge in [0.2, 0.25) is 18.3 Å². The van der Waals surface area contributed by atoms with E-state index in [0.29, 0.717) is 11.1 Å². The van der Waals surface area contributed by atoms with Crippen LogP contribution in [0.2, 0.25) is 0 Å². The number of aromatic hydroxyl groups is 5. The van der Waals surface area contributed by atoms with E-state index in [4.69, 9.17) is 51.8 Å². The summed E-state index contributed by atoms with van der Waals surface area (Å²) >= 11 is 0. The number of ether oxygens (including phenoxy) is 10. The summed E-state index contributed by atoms with van der Waals surface area (Å²) in [6, 6.07) is 15.1. The molecule has 430 valence electrons. The van der Waals surface area contributed by atoms with Crippen LogP contribution in [0.25, 0.3) is 34.4 Å². The summed E-state index contributed by atoms with van der Waals surface area (Å²) in [5.74, 6) is -4.97. The third-order valence-electron chi connectivity index (χ3n) is 13.0. The van der Waals surface area contributed by atoms with E-state index in [1.54, 1.807) is 0 Å². The van der Waals surface area contributed by atoms with Gasteiger partial charge >= 0.3 is 23.3 Å². The first-order valence-electron chi connectivity index (χ1n) is 24.3. The van der Waals surface area contributed by atoms with E-state index in [1.807, 2.05) is 0 Å². The highest BCUT2D eigenvalue weighted by Crippen LogP contribution is 2.44. The third-order valence-corrected chi connectivity index (χ3v) is 13.0. The Labute approximate surface area is 452 Å². The Kier molecular flexibility index (Phi) is 18.5. The molecule has 0 spiro atoms. The van der Waals surface area contributed by atoms with Crippen LogP contribution in [-0.4, -0.2) is 210 Å². The van der Waals surface area contributed by atoms with Crippen LogP contribution in [-0.2, 0) is 38.0 Å². The number of aliphatic hydroxyl groups excluding tert-OH is 9. The Morgan fingerprint density at radius 1 is 0.525 bits per heavy atom. The van der Waals surface area contributed by atoms with Crippen molar-refractivity contribution in [3.05, 3.63) is 96.1 Å². The molecule has 3 aliphatic heterocycles. The van der Waals surface area contributed by atoms with E-state index in [2.05, 4.69) is 0 Å². The molecule has 15 unspecified atom stereocenters. The van der Waals surface area contributed by atoms with Gasteiger partial charge < -0.3 is 119 Å². The van der Waals surface area contributed by atoms with Crippen molar-refractivity contribution in [1.82, 2.24) is 0 Å².